The van der Waals surface area contributed by atoms with Crippen molar-refractivity contribution >= 4 is 41.0 Å². The molecule has 2 aromatic carbocycles. The van der Waals surface area contributed by atoms with Crippen LogP contribution < -0.4 is 16.4 Å². The van der Waals surface area contributed by atoms with Crippen LogP contribution in [0, 0.1) is 0 Å². The van der Waals surface area contributed by atoms with Gasteiger partial charge in [0, 0.05) is 39.1 Å². The van der Waals surface area contributed by atoms with Crippen molar-refractivity contribution in [2.24, 2.45) is 5.73 Å². The summed E-state index contributed by atoms with van der Waals surface area (Å²) in [4.78, 5) is 42.5. The molecule has 3 atom stereocenters. The van der Waals surface area contributed by atoms with E-state index in [0.717, 1.165) is 22.8 Å². The van der Waals surface area contributed by atoms with Crippen molar-refractivity contribution in [2.75, 3.05) is 32.7 Å². The molecular weight excluding hydrogens is 482 g/mol. The summed E-state index contributed by atoms with van der Waals surface area (Å²) >= 11 is 0. The first kappa shape index (κ1) is 29.4. The second-order valence-corrected chi connectivity index (χ2v) is 8.89. The van der Waals surface area contributed by atoms with Gasteiger partial charge in [0.2, 0.25) is 11.8 Å². The van der Waals surface area contributed by atoms with Gasteiger partial charge in [-0.25, -0.2) is 4.79 Å². The van der Waals surface area contributed by atoms with E-state index in [2.05, 4.69) is 10.6 Å². The van der Waals surface area contributed by atoms with E-state index in [1.54, 1.807) is 9.80 Å². The zero-order valence-corrected chi connectivity index (χ0v) is 21.8. The van der Waals surface area contributed by atoms with Gasteiger partial charge in [-0.2, -0.15) is 0 Å². The molecule has 1 saturated heterocycles. The van der Waals surface area contributed by atoms with Gasteiger partial charge in [0.15, 0.2) is 0 Å². The van der Waals surface area contributed by atoms with E-state index in [9.17, 15) is 19.5 Å². The average molecular weight is 520 g/mol. The number of carbonyl (C=O) groups is 3. The summed E-state index contributed by atoms with van der Waals surface area (Å²) in [5.74, 6) is -0.748. The van der Waals surface area contributed by atoms with E-state index in [-0.39, 0.29) is 43.9 Å². The first-order valence-corrected chi connectivity index (χ1v) is 12.4. The Balaban J connectivity index is 0.00000456. The number of aliphatic hydroxyl groups is 1. The SMILES string of the molecule is CCN(CC)C(=O)N1CCCC1C(=O)N[C@H](Cc1ccc2ccccc2c1)C(=O)NCC(O)CN.Cl. The van der Waals surface area contributed by atoms with Crippen molar-refractivity contribution in [3.05, 3.63) is 48.0 Å². The maximum atomic E-state index is 13.3. The van der Waals surface area contributed by atoms with E-state index in [1.165, 1.54) is 0 Å². The van der Waals surface area contributed by atoms with Crippen molar-refractivity contribution in [1.29, 1.82) is 0 Å². The molecular formula is C26H38ClN5O4. The topological polar surface area (TPSA) is 128 Å². The van der Waals surface area contributed by atoms with Crippen LogP contribution in [0.3, 0.4) is 0 Å². The lowest BCUT2D eigenvalue weighted by molar-refractivity contribution is -0.131. The molecule has 0 radical (unpaired) electrons. The van der Waals surface area contributed by atoms with Crippen LogP contribution in [0.4, 0.5) is 4.79 Å². The molecule has 2 unspecified atom stereocenters. The molecule has 36 heavy (non-hydrogen) atoms. The Morgan fingerprint density at radius 2 is 1.83 bits per heavy atom. The minimum Gasteiger partial charge on any atom is -0.390 e. The molecule has 1 fully saturated rings. The number of likely N-dealkylation sites (tertiary alicyclic amines) is 1. The number of hydrogen-bond acceptors (Lipinski definition) is 5. The number of benzene rings is 2. The number of amides is 4. The Kier molecular flexibility index (Phi) is 11.4. The molecule has 4 amide bonds. The number of rotatable bonds is 10. The van der Waals surface area contributed by atoms with Crippen molar-refractivity contribution in [3.63, 3.8) is 0 Å². The van der Waals surface area contributed by atoms with Gasteiger partial charge < -0.3 is 31.3 Å². The molecule has 0 saturated carbocycles. The van der Waals surface area contributed by atoms with Crippen LogP contribution in [-0.2, 0) is 16.0 Å². The number of urea groups is 1. The molecule has 10 heteroatoms. The number of carbonyl (C=O) groups excluding carboxylic acids is 3. The lowest BCUT2D eigenvalue weighted by atomic mass is 10.0. The summed E-state index contributed by atoms with van der Waals surface area (Å²) in [6.07, 6.45) is 0.690. The first-order chi connectivity index (χ1) is 16.9. The van der Waals surface area contributed by atoms with Crippen LogP contribution in [0.5, 0.6) is 0 Å². The molecule has 0 bridgehead atoms. The monoisotopic (exact) mass is 519 g/mol. The number of halogens is 1. The van der Waals surface area contributed by atoms with E-state index in [4.69, 9.17) is 5.73 Å². The van der Waals surface area contributed by atoms with E-state index in [1.807, 2.05) is 56.3 Å². The number of nitrogens with two attached hydrogens (primary N) is 1. The van der Waals surface area contributed by atoms with Gasteiger partial charge in [0.05, 0.1) is 6.10 Å². The Morgan fingerprint density at radius 3 is 2.50 bits per heavy atom. The van der Waals surface area contributed by atoms with Crippen LogP contribution in [-0.4, -0.2) is 83.7 Å². The Morgan fingerprint density at radius 1 is 1.14 bits per heavy atom. The minimum atomic E-state index is -0.868. The molecule has 1 heterocycles. The smallest absolute Gasteiger partial charge is 0.320 e. The number of fused-ring (bicyclic) bond motifs is 1. The van der Waals surface area contributed by atoms with Gasteiger partial charge in [-0.3, -0.25) is 9.59 Å². The molecule has 5 N–H and O–H groups in total. The standard InChI is InChI=1S/C26H37N5O4.ClH/c1-3-30(4-2)26(35)31-13-7-10-23(31)25(34)29-22(24(33)28-17-21(32)16-27)15-18-11-12-19-8-5-6-9-20(19)14-18;/h5-6,8-9,11-12,14,21-23,32H,3-4,7,10,13,15-17,27H2,1-2H3,(H,28,33)(H,29,34);1H/t21?,22-,23?;/m1./s1. The molecule has 198 valence electrons. The van der Waals surface area contributed by atoms with E-state index in [0.29, 0.717) is 26.1 Å². The van der Waals surface area contributed by atoms with Gasteiger partial charge >= 0.3 is 6.03 Å². The third kappa shape index (κ3) is 7.32. The highest BCUT2D eigenvalue weighted by atomic mass is 35.5. The van der Waals surface area contributed by atoms with Crippen molar-refractivity contribution < 1.29 is 19.5 Å². The summed E-state index contributed by atoms with van der Waals surface area (Å²) in [6, 6.07) is 12.2. The third-order valence-corrected chi connectivity index (χ3v) is 6.51. The summed E-state index contributed by atoms with van der Waals surface area (Å²) in [7, 11) is 0. The third-order valence-electron chi connectivity index (χ3n) is 6.51. The number of nitrogens with one attached hydrogen (secondary N) is 2. The normalized spacial score (nSPS) is 16.7. The molecule has 9 nitrogen and oxygen atoms in total. The molecule has 0 spiro atoms. The van der Waals surface area contributed by atoms with Crippen LogP contribution in [0.25, 0.3) is 10.8 Å². The molecule has 1 aliphatic rings. The van der Waals surface area contributed by atoms with E-state index >= 15 is 0 Å². The maximum absolute atomic E-state index is 13.3. The zero-order valence-electron chi connectivity index (χ0n) is 21.0. The second-order valence-electron chi connectivity index (χ2n) is 8.89. The predicted molar refractivity (Wildman–Crippen MR) is 143 cm³/mol. The Bertz CT molecular complexity index is 1030. The quantitative estimate of drug-likeness (QED) is 0.379. The number of aliphatic hydroxyl groups excluding tert-OH is 1. The molecule has 3 rings (SSSR count). The van der Waals surface area contributed by atoms with Gasteiger partial charge in [-0.05, 0) is 43.0 Å². The van der Waals surface area contributed by atoms with Gasteiger partial charge in [0.25, 0.3) is 0 Å². The Labute approximate surface area is 218 Å². The fourth-order valence-electron chi connectivity index (χ4n) is 4.45. The zero-order chi connectivity index (χ0) is 25.4. The minimum absolute atomic E-state index is 0. The molecule has 1 aliphatic heterocycles. The van der Waals surface area contributed by atoms with Gasteiger partial charge in [-0.15, -0.1) is 12.4 Å². The number of hydrogen-bond donors (Lipinski definition) is 4. The van der Waals surface area contributed by atoms with Crippen molar-refractivity contribution in [3.8, 4) is 0 Å². The van der Waals surface area contributed by atoms with Crippen molar-refractivity contribution in [2.45, 2.75) is 51.3 Å². The van der Waals surface area contributed by atoms with Gasteiger partial charge in [0.1, 0.15) is 12.1 Å². The second kappa shape index (κ2) is 14.0. The lowest BCUT2D eigenvalue weighted by Gasteiger charge is -2.31. The summed E-state index contributed by atoms with van der Waals surface area (Å²) in [6.45, 7) is 5.48. The fourth-order valence-corrected chi connectivity index (χ4v) is 4.45. The molecule has 2 aromatic rings. The van der Waals surface area contributed by atoms with Crippen LogP contribution in [0.2, 0.25) is 0 Å². The lowest BCUT2D eigenvalue weighted by Crippen LogP contribution is -2.56. The predicted octanol–water partition coefficient (Wildman–Crippen LogP) is 1.65. The largest absolute Gasteiger partial charge is 0.390 e. The van der Waals surface area contributed by atoms with E-state index < -0.39 is 24.1 Å². The molecule has 0 aliphatic carbocycles. The fraction of sp³-hybridized carbons (Fsp3) is 0.500. The maximum Gasteiger partial charge on any atom is 0.320 e. The summed E-state index contributed by atoms with van der Waals surface area (Å²) in [5, 5.41) is 17.5. The van der Waals surface area contributed by atoms with Gasteiger partial charge in [-0.1, -0.05) is 42.5 Å². The highest BCUT2D eigenvalue weighted by Gasteiger charge is 2.37. The van der Waals surface area contributed by atoms with Crippen molar-refractivity contribution in [1.82, 2.24) is 20.4 Å². The average Bonchev–Trinajstić information content (AvgIpc) is 3.37. The van der Waals surface area contributed by atoms with Crippen LogP contribution in [0.1, 0.15) is 32.3 Å². The van der Waals surface area contributed by atoms with Crippen LogP contribution >= 0.6 is 12.4 Å². The first-order valence-electron chi connectivity index (χ1n) is 12.4. The summed E-state index contributed by atoms with van der Waals surface area (Å²) < 4.78 is 0. The van der Waals surface area contributed by atoms with Crippen LogP contribution in [0.15, 0.2) is 42.5 Å². The highest BCUT2D eigenvalue weighted by Crippen LogP contribution is 2.21. The molecule has 0 aromatic heterocycles. The number of nitrogens with zero attached hydrogens (tertiary/aromatic N) is 2. The summed E-state index contributed by atoms with van der Waals surface area (Å²) in [5.41, 5.74) is 6.35. The highest BCUT2D eigenvalue weighted by molar-refractivity contribution is 5.92. The Hall–Kier alpha value is -2.88.